The largest absolute Gasteiger partial charge is 0.497 e. The highest BCUT2D eigenvalue weighted by molar-refractivity contribution is 7.98. The summed E-state index contributed by atoms with van der Waals surface area (Å²) in [6.07, 6.45) is 10.0. The number of aromatic amines is 3. The zero-order valence-electron chi connectivity index (χ0n) is 31.5. The van der Waals surface area contributed by atoms with E-state index in [0.29, 0.717) is 27.5 Å². The molecule has 11 aromatic rings. The lowest BCUT2D eigenvalue weighted by molar-refractivity contribution is -0.137. The van der Waals surface area contributed by atoms with Crippen LogP contribution in [0.1, 0.15) is 5.56 Å². The molecular formula is C46H33F3N8OS. The molecule has 0 saturated carbocycles. The summed E-state index contributed by atoms with van der Waals surface area (Å²) in [6.45, 7) is 0. The molecule has 0 aliphatic rings. The summed E-state index contributed by atoms with van der Waals surface area (Å²) in [6, 6.07) is 31.7. The number of pyridine rings is 5. The molecule has 0 fully saturated rings. The molecule has 0 aliphatic carbocycles. The number of hydrogen-bond donors (Lipinski definition) is 3. The van der Waals surface area contributed by atoms with E-state index in [9.17, 15) is 13.2 Å². The van der Waals surface area contributed by atoms with Gasteiger partial charge in [0.2, 0.25) is 0 Å². The smallest absolute Gasteiger partial charge is 0.416 e. The van der Waals surface area contributed by atoms with Crippen molar-refractivity contribution in [2.45, 2.75) is 11.2 Å². The van der Waals surface area contributed by atoms with Crippen molar-refractivity contribution >= 4 is 77.2 Å². The number of ether oxygens (including phenoxy) is 1. The first-order valence-corrected chi connectivity index (χ1v) is 19.6. The van der Waals surface area contributed by atoms with Gasteiger partial charge < -0.3 is 19.7 Å². The predicted molar refractivity (Wildman–Crippen MR) is 231 cm³/mol. The first-order valence-electron chi connectivity index (χ1n) is 18.4. The lowest BCUT2D eigenvalue weighted by atomic mass is 10.1. The maximum absolute atomic E-state index is 12.9. The van der Waals surface area contributed by atoms with Crippen molar-refractivity contribution in [3.63, 3.8) is 0 Å². The Hall–Kier alpha value is -7.25. The van der Waals surface area contributed by atoms with E-state index in [1.807, 2.05) is 73.5 Å². The van der Waals surface area contributed by atoms with Gasteiger partial charge in [0.05, 0.1) is 64.2 Å². The van der Waals surface area contributed by atoms with Crippen LogP contribution in [0.25, 0.3) is 87.9 Å². The van der Waals surface area contributed by atoms with Gasteiger partial charge in [-0.15, -0.1) is 11.8 Å². The Morgan fingerprint density at radius 1 is 0.508 bits per heavy atom. The number of H-pyrrole nitrogens is 3. The summed E-state index contributed by atoms with van der Waals surface area (Å²) in [5.74, 6) is 0.850. The molecule has 0 spiro atoms. The Kier molecular flexibility index (Phi) is 9.87. The normalized spacial score (nSPS) is 11.5. The van der Waals surface area contributed by atoms with Crippen molar-refractivity contribution in [2.75, 3.05) is 13.4 Å². The molecule has 0 atom stereocenters. The van der Waals surface area contributed by atoms with Gasteiger partial charge in [-0.1, -0.05) is 18.2 Å². The van der Waals surface area contributed by atoms with Gasteiger partial charge in [-0.05, 0) is 91.2 Å². The predicted octanol–water partition coefficient (Wildman–Crippen LogP) is 12.0. The van der Waals surface area contributed by atoms with E-state index in [2.05, 4.69) is 70.2 Å². The van der Waals surface area contributed by atoms with Crippen molar-refractivity contribution < 1.29 is 17.9 Å². The Morgan fingerprint density at radius 2 is 1.12 bits per heavy atom. The van der Waals surface area contributed by atoms with Gasteiger partial charge in [0, 0.05) is 84.8 Å². The van der Waals surface area contributed by atoms with Crippen LogP contribution in [0.3, 0.4) is 0 Å². The van der Waals surface area contributed by atoms with Crippen LogP contribution in [0.4, 0.5) is 13.2 Å². The van der Waals surface area contributed by atoms with Gasteiger partial charge in [-0.2, -0.15) is 13.2 Å². The molecule has 290 valence electrons. The number of thioether (sulfide) groups is 1. The molecule has 11 rings (SSSR count). The summed E-state index contributed by atoms with van der Waals surface area (Å²) in [4.78, 5) is 31.2. The summed E-state index contributed by atoms with van der Waals surface area (Å²) in [5.41, 5.74) is 8.48. The average molecular weight is 803 g/mol. The molecule has 8 heterocycles. The van der Waals surface area contributed by atoms with Gasteiger partial charge in [-0.3, -0.25) is 19.9 Å². The Labute approximate surface area is 338 Å². The Morgan fingerprint density at radius 3 is 1.76 bits per heavy atom. The number of aromatic nitrogens is 8. The van der Waals surface area contributed by atoms with Gasteiger partial charge in [0.15, 0.2) is 0 Å². The number of hydrogen-bond acceptors (Lipinski definition) is 7. The highest BCUT2D eigenvalue weighted by Crippen LogP contribution is 2.35. The van der Waals surface area contributed by atoms with Crippen molar-refractivity contribution in [1.29, 1.82) is 0 Å². The van der Waals surface area contributed by atoms with Crippen molar-refractivity contribution in [3.05, 3.63) is 152 Å². The second kappa shape index (κ2) is 15.6. The fraction of sp³-hybridized carbons (Fsp3) is 0.0652. The van der Waals surface area contributed by atoms with Gasteiger partial charge >= 0.3 is 6.18 Å². The first-order chi connectivity index (χ1) is 28.7. The van der Waals surface area contributed by atoms with Crippen molar-refractivity contribution in [3.8, 4) is 28.3 Å². The molecule has 13 heteroatoms. The van der Waals surface area contributed by atoms with Crippen LogP contribution < -0.4 is 4.74 Å². The molecule has 0 saturated heterocycles. The number of para-hydroxylation sites is 1. The van der Waals surface area contributed by atoms with E-state index in [1.165, 1.54) is 28.4 Å². The van der Waals surface area contributed by atoms with Crippen LogP contribution in [0.2, 0.25) is 0 Å². The lowest BCUT2D eigenvalue weighted by Crippen LogP contribution is -2.03. The standard InChI is InChI=1S/C18H15N3OS.C17H10F3N3.C11H8N2/c1-22-12-4-5-15-13(7-12)14-8-16(19-10-17(14)21-15)11-3-6-18(23-2)20-9-11;18-17(19,20)11-3-4-14-12(6-11)13-7-15(22-9-16(13)23-14)10-2-1-5-21-8-10;1-2-4-10-8(3-1)9-5-6-12-7-11(9)13-10/h3-10,21H,1-2H3;1-9,23H;1-7,13H. The van der Waals surface area contributed by atoms with Gasteiger partial charge in [0.25, 0.3) is 0 Å². The molecule has 0 amide bonds. The van der Waals surface area contributed by atoms with E-state index < -0.39 is 11.7 Å². The van der Waals surface area contributed by atoms with E-state index in [4.69, 9.17) is 4.74 Å². The fourth-order valence-corrected chi connectivity index (χ4v) is 7.43. The third kappa shape index (κ3) is 7.51. The van der Waals surface area contributed by atoms with Crippen LogP contribution in [-0.2, 0) is 6.18 Å². The van der Waals surface area contributed by atoms with Crippen molar-refractivity contribution in [2.24, 2.45) is 0 Å². The number of fused-ring (bicyclic) bond motifs is 9. The molecule has 3 N–H and O–H groups in total. The second-order valence-corrected chi connectivity index (χ2v) is 14.4. The number of methoxy groups -OCH3 is 1. The quantitative estimate of drug-likeness (QED) is 0.152. The Balaban J connectivity index is 0.000000119. The Bertz CT molecular complexity index is 3200. The lowest BCUT2D eigenvalue weighted by Gasteiger charge is -2.06. The minimum absolute atomic E-state index is 0.530. The van der Waals surface area contributed by atoms with E-state index in [1.54, 1.807) is 49.6 Å². The molecule has 8 aromatic heterocycles. The van der Waals surface area contributed by atoms with E-state index in [-0.39, 0.29) is 0 Å². The number of nitrogens with one attached hydrogen (secondary N) is 3. The molecule has 0 bridgehead atoms. The highest BCUT2D eigenvalue weighted by atomic mass is 32.2. The van der Waals surface area contributed by atoms with Crippen LogP contribution in [0.15, 0.2) is 152 Å². The van der Waals surface area contributed by atoms with Crippen molar-refractivity contribution in [1.82, 2.24) is 39.9 Å². The third-order valence-corrected chi connectivity index (χ3v) is 10.7. The number of alkyl halides is 3. The zero-order valence-corrected chi connectivity index (χ0v) is 32.4. The highest BCUT2D eigenvalue weighted by Gasteiger charge is 2.30. The molecule has 0 aliphatic heterocycles. The second-order valence-electron chi connectivity index (χ2n) is 13.6. The number of rotatable bonds is 4. The van der Waals surface area contributed by atoms with Crippen LogP contribution >= 0.6 is 11.8 Å². The van der Waals surface area contributed by atoms with Gasteiger partial charge in [-0.25, -0.2) is 4.98 Å². The number of nitrogens with zero attached hydrogens (tertiary/aromatic N) is 5. The SMILES string of the molecule is COc1ccc2[nH]c3cnc(-c4ccc(SC)nc4)cc3c2c1.FC(F)(F)c1ccc2[nH]c3cnc(-c4cccnc4)cc3c2c1.c1ccc2c(c1)[nH]c1cnccc12. The molecule has 59 heavy (non-hydrogen) atoms. The molecule has 3 aromatic carbocycles. The first kappa shape index (κ1) is 37.3. The summed E-state index contributed by atoms with van der Waals surface area (Å²) < 4.78 is 44.1. The number of benzene rings is 3. The molecule has 9 nitrogen and oxygen atoms in total. The average Bonchev–Trinajstić information content (AvgIpc) is 3.97. The topological polar surface area (TPSA) is 121 Å². The van der Waals surface area contributed by atoms with Crippen LogP contribution in [0.5, 0.6) is 5.75 Å². The monoisotopic (exact) mass is 802 g/mol. The summed E-state index contributed by atoms with van der Waals surface area (Å²) in [7, 11) is 1.68. The zero-order chi connectivity index (χ0) is 40.5. The molecule has 0 unspecified atom stereocenters. The fourth-order valence-electron chi connectivity index (χ4n) is 7.06. The van der Waals surface area contributed by atoms with Crippen LogP contribution in [0, 0.1) is 0 Å². The number of halogens is 3. The van der Waals surface area contributed by atoms with Gasteiger partial charge in [0.1, 0.15) is 5.75 Å². The maximum Gasteiger partial charge on any atom is 0.416 e. The molecular weight excluding hydrogens is 770 g/mol. The van der Waals surface area contributed by atoms with Crippen LogP contribution in [-0.4, -0.2) is 53.2 Å². The third-order valence-electron chi connectivity index (χ3n) is 10.0. The van der Waals surface area contributed by atoms with E-state index >= 15 is 0 Å². The minimum atomic E-state index is -4.36. The summed E-state index contributed by atoms with van der Waals surface area (Å²) in [5, 5.41) is 7.02. The molecule has 0 radical (unpaired) electrons. The minimum Gasteiger partial charge on any atom is -0.497 e. The van der Waals surface area contributed by atoms with E-state index in [0.717, 1.165) is 61.0 Å². The maximum atomic E-state index is 12.9. The summed E-state index contributed by atoms with van der Waals surface area (Å²) >= 11 is 1.63.